The molecule has 6 heterocycles. The Balaban J connectivity index is 0.000000170. The molecule has 0 bridgehead atoms. The molecule has 340 valence electrons. The van der Waals surface area contributed by atoms with Crippen LogP contribution in [0.3, 0.4) is 0 Å². The molecule has 8 N–H and O–H groups in total. The summed E-state index contributed by atoms with van der Waals surface area (Å²) in [6.07, 6.45) is 6.20. The topological polar surface area (TPSA) is 228 Å². The molecule has 0 aliphatic heterocycles. The highest BCUT2D eigenvalue weighted by Crippen LogP contribution is 2.37. The Morgan fingerprint density at radius 2 is 1.00 bits per heavy atom. The monoisotopic (exact) mass is 986 g/mol. The van der Waals surface area contributed by atoms with E-state index in [1.807, 2.05) is 38.1 Å². The van der Waals surface area contributed by atoms with Gasteiger partial charge in [-0.2, -0.15) is 0 Å². The van der Waals surface area contributed by atoms with Crippen LogP contribution in [0.5, 0.6) is 11.5 Å². The third kappa shape index (κ3) is 8.49. The van der Waals surface area contributed by atoms with Crippen LogP contribution >= 0.6 is 45.9 Å². The number of carbonyl (C=O) groups excluding carboxylic acids is 2. The van der Waals surface area contributed by atoms with Crippen molar-refractivity contribution >= 4 is 123 Å². The van der Waals surface area contributed by atoms with Crippen molar-refractivity contribution < 1.29 is 28.6 Å². The number of nitrogens with two attached hydrogens (primary N) is 2. The Morgan fingerprint density at radius 1 is 0.588 bits per heavy atom. The smallest absolute Gasteiger partial charge is 0.258 e. The van der Waals surface area contributed by atoms with Gasteiger partial charge in [0.15, 0.2) is 0 Å². The molecular weight excluding hydrogens is 954 g/mol. The third-order valence-electron chi connectivity index (χ3n) is 11.2. The molecule has 0 atom stereocenters. The molecule has 10 rings (SSSR count). The molecule has 20 heteroatoms. The zero-order chi connectivity index (χ0) is 48.0. The lowest BCUT2D eigenvalue weighted by atomic mass is 10.00. The van der Waals surface area contributed by atoms with E-state index in [4.69, 9.17) is 34.7 Å². The lowest BCUT2D eigenvalue weighted by molar-refractivity contribution is 0.102. The summed E-state index contributed by atoms with van der Waals surface area (Å²) in [5, 5.41) is 31.1. The van der Waals surface area contributed by atoms with Crippen molar-refractivity contribution in [1.29, 1.82) is 0 Å². The number of anilines is 4. The average Bonchev–Trinajstić information content (AvgIpc) is 3.98. The van der Waals surface area contributed by atoms with Gasteiger partial charge in [-0.15, -0.1) is 22.7 Å². The Kier molecular flexibility index (Phi) is 12.4. The van der Waals surface area contributed by atoms with E-state index in [-0.39, 0.29) is 46.2 Å². The number of aromatic hydroxyl groups is 2. The molecule has 0 saturated heterocycles. The van der Waals surface area contributed by atoms with Crippen LogP contribution in [0.15, 0.2) is 96.5 Å². The predicted molar refractivity (Wildman–Crippen MR) is 264 cm³/mol. The van der Waals surface area contributed by atoms with Crippen LogP contribution in [-0.2, 0) is 12.8 Å². The maximum atomic E-state index is 14.6. The van der Waals surface area contributed by atoms with E-state index in [1.54, 1.807) is 35.3 Å². The molecular formula is C48H34Cl2F2N10O4S2. The van der Waals surface area contributed by atoms with Gasteiger partial charge in [-0.05, 0) is 60.4 Å². The van der Waals surface area contributed by atoms with Crippen LogP contribution in [0, 0.1) is 25.5 Å². The van der Waals surface area contributed by atoms with Crippen molar-refractivity contribution in [3.8, 4) is 11.5 Å². The van der Waals surface area contributed by atoms with Crippen LogP contribution in [0.4, 0.5) is 31.8 Å². The summed E-state index contributed by atoms with van der Waals surface area (Å²) in [7, 11) is 0. The van der Waals surface area contributed by atoms with Crippen molar-refractivity contribution in [3.63, 3.8) is 0 Å². The van der Waals surface area contributed by atoms with Crippen LogP contribution < -0.4 is 22.1 Å². The lowest BCUT2D eigenvalue weighted by Gasteiger charge is -2.14. The number of nitrogen functional groups attached to an aromatic ring is 2. The van der Waals surface area contributed by atoms with E-state index in [0.717, 1.165) is 32.7 Å². The summed E-state index contributed by atoms with van der Waals surface area (Å²) in [6, 6.07) is 16.8. The quantitative estimate of drug-likeness (QED) is 0.0836. The van der Waals surface area contributed by atoms with E-state index in [9.17, 15) is 28.6 Å². The number of nitrogens with one attached hydrogen (secondary N) is 2. The molecule has 6 aromatic heterocycles. The van der Waals surface area contributed by atoms with Gasteiger partial charge in [-0.25, -0.2) is 28.7 Å². The van der Waals surface area contributed by atoms with E-state index < -0.39 is 11.6 Å². The van der Waals surface area contributed by atoms with Crippen molar-refractivity contribution in [3.05, 3.63) is 163 Å². The van der Waals surface area contributed by atoms with Crippen molar-refractivity contribution in [2.75, 3.05) is 22.1 Å². The molecule has 0 unspecified atom stereocenters. The summed E-state index contributed by atoms with van der Waals surface area (Å²) >= 11 is 14.3. The number of aromatic nitrogens is 6. The summed E-state index contributed by atoms with van der Waals surface area (Å²) in [5.41, 5.74) is 18.4. The second-order valence-electron chi connectivity index (χ2n) is 15.4. The minimum Gasteiger partial charge on any atom is -0.506 e. The number of rotatable bonds is 8. The van der Waals surface area contributed by atoms with Crippen LogP contribution in [-0.4, -0.2) is 51.9 Å². The van der Waals surface area contributed by atoms with Crippen LogP contribution in [0.25, 0.3) is 42.0 Å². The molecule has 10 aromatic rings. The number of carbonyl (C=O) groups is 2. The van der Waals surface area contributed by atoms with Gasteiger partial charge in [0.1, 0.15) is 57.5 Å². The zero-order valence-electron chi connectivity index (χ0n) is 35.5. The van der Waals surface area contributed by atoms with E-state index >= 15 is 0 Å². The fourth-order valence-corrected chi connectivity index (χ4v) is 9.85. The van der Waals surface area contributed by atoms with Crippen LogP contribution in [0.1, 0.15) is 54.4 Å². The van der Waals surface area contributed by atoms with Gasteiger partial charge in [0.2, 0.25) is 0 Å². The number of amides is 2. The first-order valence-electron chi connectivity index (χ1n) is 20.3. The first kappa shape index (κ1) is 45.5. The largest absolute Gasteiger partial charge is 0.506 e. The molecule has 4 aromatic carbocycles. The number of fused-ring (bicyclic) bond motifs is 4. The van der Waals surface area contributed by atoms with Crippen molar-refractivity contribution in [2.24, 2.45) is 0 Å². The third-order valence-corrected chi connectivity index (χ3v) is 13.9. The minimum atomic E-state index is -0.688. The fourth-order valence-electron chi connectivity index (χ4n) is 7.68. The Labute approximate surface area is 402 Å². The number of nitrogens with zero attached hydrogens (tertiary/aromatic N) is 6. The standard InChI is InChI=1S/2C24H17ClFN5O2S/c2*1-11-2-4-13-14(6-7-28-16(13)8-12-3-5-17(32)18(25)19(12)26)20(11)31-24(33)15-9-34-22-21(15)29-10-30-23(22)27/h2*2-7,9-10,32H,8H2,1H3,(H,31,33)(H2,27,29,30). The zero-order valence-corrected chi connectivity index (χ0v) is 38.7. The predicted octanol–water partition coefficient (Wildman–Crippen LogP) is 10.9. The highest BCUT2D eigenvalue weighted by Gasteiger charge is 2.22. The summed E-state index contributed by atoms with van der Waals surface area (Å²) < 4.78 is 30.5. The number of hydrogen-bond acceptors (Lipinski definition) is 14. The molecule has 14 nitrogen and oxygen atoms in total. The normalized spacial score (nSPS) is 11.3. The summed E-state index contributed by atoms with van der Waals surface area (Å²) in [5.74, 6) is -2.01. The number of hydrogen-bond donors (Lipinski definition) is 6. The van der Waals surface area contributed by atoms with E-state index in [0.29, 0.717) is 77.1 Å². The molecule has 0 radical (unpaired) electrons. The molecule has 0 saturated carbocycles. The van der Waals surface area contributed by atoms with Gasteiger partial charge in [-0.1, -0.05) is 59.6 Å². The minimum absolute atomic E-state index is 0.158. The first-order valence-corrected chi connectivity index (χ1v) is 22.9. The van der Waals surface area contributed by atoms with Gasteiger partial charge in [-0.3, -0.25) is 19.6 Å². The average molecular weight is 988 g/mol. The van der Waals surface area contributed by atoms with E-state index in [2.05, 4.69) is 40.5 Å². The van der Waals surface area contributed by atoms with E-state index in [1.165, 1.54) is 59.6 Å². The highest BCUT2D eigenvalue weighted by molar-refractivity contribution is 7.18. The number of halogens is 4. The molecule has 0 fully saturated rings. The second-order valence-corrected chi connectivity index (χ2v) is 17.9. The number of phenolic OH excluding ortho intramolecular Hbond substituents is 2. The van der Waals surface area contributed by atoms with Gasteiger partial charge in [0, 0.05) is 57.5 Å². The lowest BCUT2D eigenvalue weighted by Crippen LogP contribution is -2.13. The van der Waals surface area contributed by atoms with Gasteiger partial charge >= 0.3 is 0 Å². The summed E-state index contributed by atoms with van der Waals surface area (Å²) in [6.45, 7) is 3.78. The molecule has 0 aliphatic rings. The van der Waals surface area contributed by atoms with Gasteiger partial charge < -0.3 is 32.3 Å². The fraction of sp³-hybridized carbons (Fsp3) is 0.0833. The Morgan fingerprint density at radius 3 is 1.41 bits per heavy atom. The Bertz CT molecular complexity index is 3450. The molecule has 0 spiro atoms. The number of thiophene rings is 2. The maximum Gasteiger partial charge on any atom is 0.258 e. The number of aryl methyl sites for hydroxylation is 2. The Hall–Kier alpha value is -7.64. The van der Waals surface area contributed by atoms with Gasteiger partial charge in [0.05, 0.1) is 54.3 Å². The first-order chi connectivity index (χ1) is 32.7. The van der Waals surface area contributed by atoms with Crippen molar-refractivity contribution in [2.45, 2.75) is 26.7 Å². The maximum absolute atomic E-state index is 14.6. The highest BCUT2D eigenvalue weighted by atomic mass is 35.5. The van der Waals surface area contributed by atoms with Gasteiger partial charge in [0.25, 0.3) is 11.8 Å². The number of pyridine rings is 2. The molecule has 0 aliphatic carbocycles. The summed E-state index contributed by atoms with van der Waals surface area (Å²) in [4.78, 5) is 51.6. The number of benzene rings is 4. The molecule has 68 heavy (non-hydrogen) atoms. The van der Waals surface area contributed by atoms with Crippen molar-refractivity contribution in [1.82, 2.24) is 29.9 Å². The molecule has 2 amide bonds. The SMILES string of the molecule is Cc1ccc2c(Cc3ccc(O)c(Cl)c3F)nccc2c1NC(=O)c1csc2c(N)ncnc12.Cc1ccc2c(Cc3ccc(O)c(Cl)c3F)nccc2c1NC(=O)c1csc2c(N)ncnc12. The second kappa shape index (κ2) is 18.6. The van der Waals surface area contributed by atoms with Crippen LogP contribution in [0.2, 0.25) is 10.0 Å². The number of phenols is 2.